The number of hydrogen-bond acceptors (Lipinski definition) is 1. The van der Waals surface area contributed by atoms with Gasteiger partial charge in [-0.1, -0.05) is 44.2 Å². The van der Waals surface area contributed by atoms with E-state index in [0.29, 0.717) is 12.3 Å². The summed E-state index contributed by atoms with van der Waals surface area (Å²) in [6.07, 6.45) is 3.79. The minimum atomic E-state index is -0.661. The van der Waals surface area contributed by atoms with Gasteiger partial charge < -0.3 is 5.11 Å². The van der Waals surface area contributed by atoms with Gasteiger partial charge in [-0.05, 0) is 48.3 Å². The first-order chi connectivity index (χ1) is 9.06. The van der Waals surface area contributed by atoms with Crippen molar-refractivity contribution in [2.45, 2.75) is 33.6 Å². The maximum atomic E-state index is 11.3. The molecule has 3 atom stereocenters. The van der Waals surface area contributed by atoms with Crippen molar-refractivity contribution in [1.82, 2.24) is 0 Å². The van der Waals surface area contributed by atoms with E-state index in [1.807, 2.05) is 6.07 Å². The Morgan fingerprint density at radius 1 is 1.37 bits per heavy atom. The zero-order valence-corrected chi connectivity index (χ0v) is 11.9. The highest BCUT2D eigenvalue weighted by Gasteiger charge is 2.35. The lowest BCUT2D eigenvalue weighted by atomic mass is 9.69. The highest BCUT2D eigenvalue weighted by atomic mass is 16.4. The van der Waals surface area contributed by atoms with Crippen molar-refractivity contribution >= 4 is 11.5 Å². The summed E-state index contributed by atoms with van der Waals surface area (Å²) < 4.78 is 0. The summed E-state index contributed by atoms with van der Waals surface area (Å²) in [7, 11) is 0. The van der Waals surface area contributed by atoms with Crippen molar-refractivity contribution < 1.29 is 9.90 Å². The van der Waals surface area contributed by atoms with E-state index in [9.17, 15) is 9.90 Å². The molecule has 0 amide bonds. The molecule has 1 aromatic rings. The number of allylic oxidation sites excluding steroid dienone is 2. The lowest BCUT2D eigenvalue weighted by Crippen LogP contribution is -2.31. The average Bonchev–Trinajstić information content (AvgIpc) is 2.38. The second-order valence-electron chi connectivity index (χ2n) is 5.53. The molecule has 1 aliphatic carbocycles. The van der Waals surface area contributed by atoms with Crippen LogP contribution < -0.4 is 0 Å². The van der Waals surface area contributed by atoms with Gasteiger partial charge in [-0.3, -0.25) is 4.79 Å². The predicted molar refractivity (Wildman–Crippen MR) is 77.8 cm³/mol. The molecule has 0 aliphatic heterocycles. The molecule has 2 heteroatoms. The Morgan fingerprint density at radius 3 is 2.63 bits per heavy atom. The molecular formula is C17H22O2. The minimum Gasteiger partial charge on any atom is -0.481 e. The Labute approximate surface area is 115 Å². The molecule has 3 unspecified atom stereocenters. The van der Waals surface area contributed by atoms with Crippen LogP contribution in [0.3, 0.4) is 0 Å². The van der Waals surface area contributed by atoms with Crippen molar-refractivity contribution in [3.63, 3.8) is 0 Å². The molecule has 0 radical (unpaired) electrons. The molecular weight excluding hydrogens is 236 g/mol. The number of carbonyl (C=O) groups is 1. The third-order valence-corrected chi connectivity index (χ3v) is 4.47. The van der Waals surface area contributed by atoms with E-state index >= 15 is 0 Å². The van der Waals surface area contributed by atoms with Crippen LogP contribution in [0.2, 0.25) is 0 Å². The van der Waals surface area contributed by atoms with Gasteiger partial charge in [0, 0.05) is 0 Å². The van der Waals surface area contributed by atoms with Crippen LogP contribution in [0.1, 0.15) is 37.8 Å². The monoisotopic (exact) mass is 258 g/mol. The maximum absolute atomic E-state index is 11.3. The maximum Gasteiger partial charge on any atom is 0.307 e. The number of aliphatic carboxylic acids is 1. The molecule has 0 heterocycles. The van der Waals surface area contributed by atoms with Gasteiger partial charge in [0.1, 0.15) is 0 Å². The molecule has 0 saturated carbocycles. The van der Waals surface area contributed by atoms with Crippen molar-refractivity contribution in [2.75, 3.05) is 0 Å². The molecule has 0 spiro atoms. The summed E-state index contributed by atoms with van der Waals surface area (Å²) >= 11 is 0. The highest BCUT2D eigenvalue weighted by molar-refractivity contribution is 5.76. The third kappa shape index (κ3) is 2.58. The summed E-state index contributed by atoms with van der Waals surface area (Å²) in [5, 5.41) is 9.30. The smallest absolute Gasteiger partial charge is 0.307 e. The molecule has 2 nitrogen and oxygen atoms in total. The largest absolute Gasteiger partial charge is 0.481 e. The normalized spacial score (nSPS) is 26.9. The van der Waals surface area contributed by atoms with Gasteiger partial charge in [0.25, 0.3) is 0 Å². The summed E-state index contributed by atoms with van der Waals surface area (Å²) in [4.78, 5) is 11.3. The highest BCUT2D eigenvalue weighted by Crippen LogP contribution is 2.42. The first-order valence-corrected chi connectivity index (χ1v) is 7.05. The first kappa shape index (κ1) is 13.9. The first-order valence-electron chi connectivity index (χ1n) is 7.05. The summed E-state index contributed by atoms with van der Waals surface area (Å²) in [6, 6.07) is 8.38. The van der Waals surface area contributed by atoms with Crippen LogP contribution in [-0.4, -0.2) is 11.1 Å². The average molecular weight is 258 g/mol. The molecule has 0 fully saturated rings. The van der Waals surface area contributed by atoms with Crippen molar-refractivity contribution in [3.8, 4) is 0 Å². The van der Waals surface area contributed by atoms with Crippen molar-refractivity contribution in [3.05, 3.63) is 41.5 Å². The van der Waals surface area contributed by atoms with E-state index in [1.54, 1.807) is 0 Å². The van der Waals surface area contributed by atoms with Crippen LogP contribution in [0.5, 0.6) is 0 Å². The molecule has 19 heavy (non-hydrogen) atoms. The van der Waals surface area contributed by atoms with Crippen molar-refractivity contribution in [1.29, 1.82) is 0 Å². The van der Waals surface area contributed by atoms with Crippen LogP contribution in [0, 0.1) is 24.7 Å². The van der Waals surface area contributed by atoms with E-state index in [-0.39, 0.29) is 11.8 Å². The second-order valence-corrected chi connectivity index (χ2v) is 5.53. The number of carboxylic acids is 1. The zero-order valence-electron chi connectivity index (χ0n) is 11.9. The summed E-state index contributed by atoms with van der Waals surface area (Å²) in [6.45, 7) is 6.35. The van der Waals surface area contributed by atoms with Crippen molar-refractivity contribution in [2.24, 2.45) is 17.8 Å². The fraction of sp³-hybridized carbons (Fsp3) is 0.471. The van der Waals surface area contributed by atoms with E-state index in [0.717, 1.165) is 6.42 Å². The number of aryl methyl sites for hydroxylation is 1. The van der Waals surface area contributed by atoms with E-state index in [2.05, 4.69) is 45.0 Å². The van der Waals surface area contributed by atoms with Gasteiger partial charge in [0.05, 0.1) is 5.92 Å². The summed E-state index contributed by atoms with van der Waals surface area (Å²) in [5.41, 5.74) is 3.89. The van der Waals surface area contributed by atoms with E-state index < -0.39 is 5.97 Å². The topological polar surface area (TPSA) is 37.3 Å². The Balaban J connectivity index is 2.41. The van der Waals surface area contributed by atoms with E-state index in [1.165, 1.54) is 16.7 Å². The Hall–Kier alpha value is -1.57. The molecule has 102 valence electrons. The van der Waals surface area contributed by atoms with Crippen LogP contribution in [0.25, 0.3) is 5.57 Å². The number of benzene rings is 1. The Kier molecular flexibility index (Phi) is 4.08. The van der Waals surface area contributed by atoms with Gasteiger partial charge in [-0.25, -0.2) is 0 Å². The molecule has 2 rings (SSSR count). The SMILES string of the molecule is CCC1C(c2ccccc2C)=CCC(C(=O)O)C1C. The van der Waals surface area contributed by atoms with Gasteiger partial charge in [-0.2, -0.15) is 0 Å². The zero-order chi connectivity index (χ0) is 14.0. The Bertz CT molecular complexity index is 502. The lowest BCUT2D eigenvalue weighted by molar-refractivity contribution is -0.144. The third-order valence-electron chi connectivity index (χ3n) is 4.47. The van der Waals surface area contributed by atoms with Crippen LogP contribution in [0.4, 0.5) is 0 Å². The molecule has 1 N–H and O–H groups in total. The quantitative estimate of drug-likeness (QED) is 0.884. The molecule has 1 aliphatic rings. The standard InChI is InChI=1S/C17H22O2/c1-4-13-12(3)15(17(18)19)9-10-16(13)14-8-6-5-7-11(14)2/h5-8,10,12-13,15H,4,9H2,1-3H3,(H,18,19). The predicted octanol–water partition coefficient (Wildman–Crippen LogP) is 4.15. The number of carboxylic acid groups (broad SMARTS) is 1. The van der Waals surface area contributed by atoms with E-state index in [4.69, 9.17) is 0 Å². The number of hydrogen-bond donors (Lipinski definition) is 1. The molecule has 1 aromatic carbocycles. The Morgan fingerprint density at radius 2 is 2.05 bits per heavy atom. The minimum absolute atomic E-state index is 0.196. The lowest BCUT2D eigenvalue weighted by Gasteiger charge is -2.34. The fourth-order valence-electron chi connectivity index (χ4n) is 3.31. The second kappa shape index (κ2) is 5.60. The molecule has 0 saturated heterocycles. The molecule has 0 aromatic heterocycles. The molecule has 0 bridgehead atoms. The summed E-state index contributed by atoms with van der Waals surface area (Å²) in [5.74, 6) is -0.359. The van der Waals surface area contributed by atoms with Gasteiger partial charge in [-0.15, -0.1) is 0 Å². The van der Waals surface area contributed by atoms with Gasteiger partial charge in [0.15, 0.2) is 0 Å². The number of rotatable bonds is 3. The van der Waals surface area contributed by atoms with Gasteiger partial charge >= 0.3 is 5.97 Å². The fourth-order valence-corrected chi connectivity index (χ4v) is 3.31. The van der Waals surface area contributed by atoms with Gasteiger partial charge in [0.2, 0.25) is 0 Å². The van der Waals surface area contributed by atoms with Crippen LogP contribution in [-0.2, 0) is 4.79 Å². The van der Waals surface area contributed by atoms with Crippen LogP contribution in [0.15, 0.2) is 30.3 Å². The van der Waals surface area contributed by atoms with Crippen LogP contribution >= 0.6 is 0 Å².